The first-order chi connectivity index (χ1) is 9.20. The highest BCUT2D eigenvalue weighted by atomic mass is 35.5. The van der Waals surface area contributed by atoms with Crippen LogP contribution < -0.4 is 5.32 Å². The summed E-state index contributed by atoms with van der Waals surface area (Å²) in [5, 5.41) is 4.24. The number of hydrogen-bond acceptors (Lipinski definition) is 3. The van der Waals surface area contributed by atoms with Crippen molar-refractivity contribution in [1.82, 2.24) is 5.32 Å². The standard InChI is InChI=1S/C14H19Cl2NO2/c1-17-9-13(19-14-4-2-3-7-18-14)10-5-6-11(15)12(16)8-10/h5-6,8,13-14,17H,2-4,7,9H2,1H3. The Kier molecular flexibility index (Phi) is 5.92. The van der Waals surface area contributed by atoms with Crippen molar-refractivity contribution in [2.45, 2.75) is 31.7 Å². The van der Waals surface area contributed by atoms with Crippen molar-refractivity contribution in [1.29, 1.82) is 0 Å². The Morgan fingerprint density at radius 1 is 1.37 bits per heavy atom. The maximum absolute atomic E-state index is 6.06. The molecule has 2 atom stereocenters. The number of hydrogen-bond donors (Lipinski definition) is 1. The Bertz CT molecular complexity index is 408. The van der Waals surface area contributed by atoms with Crippen LogP contribution >= 0.6 is 23.2 Å². The lowest BCUT2D eigenvalue weighted by molar-refractivity contribution is -0.188. The molecule has 2 rings (SSSR count). The highest BCUT2D eigenvalue weighted by molar-refractivity contribution is 6.42. The molecular formula is C14H19Cl2NO2. The monoisotopic (exact) mass is 303 g/mol. The maximum atomic E-state index is 6.06. The van der Waals surface area contributed by atoms with Gasteiger partial charge in [-0.05, 0) is 44.0 Å². The number of ether oxygens (including phenoxy) is 2. The average Bonchev–Trinajstić information content (AvgIpc) is 2.43. The molecule has 0 spiro atoms. The Morgan fingerprint density at radius 2 is 2.21 bits per heavy atom. The largest absolute Gasteiger partial charge is 0.353 e. The minimum Gasteiger partial charge on any atom is -0.353 e. The molecule has 1 aliphatic heterocycles. The summed E-state index contributed by atoms with van der Waals surface area (Å²) < 4.78 is 11.6. The van der Waals surface area contributed by atoms with Gasteiger partial charge in [0.25, 0.3) is 0 Å². The number of benzene rings is 1. The van der Waals surface area contributed by atoms with E-state index in [1.54, 1.807) is 6.07 Å². The minimum absolute atomic E-state index is 0.0807. The normalized spacial score (nSPS) is 21.3. The summed E-state index contributed by atoms with van der Waals surface area (Å²) in [6.07, 6.45) is 3.01. The third-order valence-corrected chi connectivity index (χ3v) is 3.90. The number of likely N-dealkylation sites (N-methyl/N-ethyl adjacent to an activating group) is 1. The van der Waals surface area contributed by atoms with Gasteiger partial charge in [0, 0.05) is 13.2 Å². The fourth-order valence-electron chi connectivity index (χ4n) is 2.14. The van der Waals surface area contributed by atoms with Gasteiger partial charge in [0.05, 0.1) is 16.1 Å². The van der Waals surface area contributed by atoms with Crippen LogP contribution in [0.2, 0.25) is 10.0 Å². The van der Waals surface area contributed by atoms with Crippen LogP contribution in [0.15, 0.2) is 18.2 Å². The Balaban J connectivity index is 2.07. The molecule has 3 nitrogen and oxygen atoms in total. The summed E-state index contributed by atoms with van der Waals surface area (Å²) in [5.74, 6) is 0. The minimum atomic E-state index is -0.124. The molecule has 0 amide bonds. The lowest BCUT2D eigenvalue weighted by Gasteiger charge is -2.28. The van der Waals surface area contributed by atoms with Crippen LogP contribution in [0.4, 0.5) is 0 Å². The van der Waals surface area contributed by atoms with Crippen molar-refractivity contribution in [2.24, 2.45) is 0 Å². The van der Waals surface area contributed by atoms with Gasteiger partial charge >= 0.3 is 0 Å². The van der Waals surface area contributed by atoms with Crippen LogP contribution in [0.3, 0.4) is 0 Å². The summed E-state index contributed by atoms with van der Waals surface area (Å²) in [6.45, 7) is 1.48. The number of halogens is 2. The second-order valence-corrected chi connectivity index (χ2v) is 5.47. The average molecular weight is 304 g/mol. The smallest absolute Gasteiger partial charge is 0.158 e. The predicted molar refractivity (Wildman–Crippen MR) is 77.8 cm³/mol. The summed E-state index contributed by atoms with van der Waals surface area (Å²) in [7, 11) is 1.90. The molecule has 1 saturated heterocycles. The zero-order valence-electron chi connectivity index (χ0n) is 11.0. The van der Waals surface area contributed by atoms with Gasteiger partial charge in [-0.15, -0.1) is 0 Å². The van der Waals surface area contributed by atoms with E-state index in [-0.39, 0.29) is 12.4 Å². The van der Waals surface area contributed by atoms with Crippen LogP contribution in [-0.2, 0) is 9.47 Å². The van der Waals surface area contributed by atoms with Gasteiger partial charge in [0.1, 0.15) is 0 Å². The molecule has 1 heterocycles. The van der Waals surface area contributed by atoms with Gasteiger partial charge in [-0.1, -0.05) is 29.3 Å². The molecule has 106 valence electrons. The molecule has 1 aliphatic rings. The molecule has 0 saturated carbocycles. The molecule has 1 fully saturated rings. The first-order valence-electron chi connectivity index (χ1n) is 6.57. The molecule has 1 aromatic rings. The highest BCUT2D eigenvalue weighted by Crippen LogP contribution is 2.29. The number of rotatable bonds is 5. The molecule has 0 bridgehead atoms. The summed E-state index contributed by atoms with van der Waals surface area (Å²) in [6, 6.07) is 5.60. The van der Waals surface area contributed by atoms with Gasteiger partial charge in [-0.2, -0.15) is 0 Å². The second-order valence-electron chi connectivity index (χ2n) is 4.65. The first-order valence-corrected chi connectivity index (χ1v) is 7.33. The van der Waals surface area contributed by atoms with E-state index >= 15 is 0 Å². The first kappa shape index (κ1) is 15.1. The van der Waals surface area contributed by atoms with Gasteiger partial charge in [0.15, 0.2) is 6.29 Å². The summed E-state index contributed by atoms with van der Waals surface area (Å²) in [4.78, 5) is 0. The molecule has 0 aliphatic carbocycles. The van der Waals surface area contributed by atoms with E-state index in [1.165, 1.54) is 0 Å². The lowest BCUT2D eigenvalue weighted by Crippen LogP contribution is -2.28. The Morgan fingerprint density at radius 3 is 2.84 bits per heavy atom. The van der Waals surface area contributed by atoms with Gasteiger partial charge < -0.3 is 14.8 Å². The van der Waals surface area contributed by atoms with E-state index in [2.05, 4.69) is 5.32 Å². The maximum Gasteiger partial charge on any atom is 0.158 e. The van der Waals surface area contributed by atoms with Gasteiger partial charge in [-0.3, -0.25) is 0 Å². The van der Waals surface area contributed by atoms with Crippen LogP contribution in [-0.4, -0.2) is 26.5 Å². The molecule has 1 aromatic carbocycles. The van der Waals surface area contributed by atoms with Crippen molar-refractivity contribution >= 4 is 23.2 Å². The fraction of sp³-hybridized carbons (Fsp3) is 0.571. The Hall–Kier alpha value is -0.320. The molecule has 5 heteroatoms. The van der Waals surface area contributed by atoms with Crippen molar-refractivity contribution in [3.8, 4) is 0 Å². The van der Waals surface area contributed by atoms with Crippen LogP contribution in [0.5, 0.6) is 0 Å². The van der Waals surface area contributed by atoms with Crippen molar-refractivity contribution < 1.29 is 9.47 Å². The predicted octanol–water partition coefficient (Wildman–Crippen LogP) is 3.80. The SMILES string of the molecule is CNCC(OC1CCCCO1)c1ccc(Cl)c(Cl)c1. The van der Waals surface area contributed by atoms with Crippen molar-refractivity contribution in [3.05, 3.63) is 33.8 Å². The van der Waals surface area contributed by atoms with E-state index in [0.29, 0.717) is 16.6 Å². The van der Waals surface area contributed by atoms with Crippen LogP contribution in [0.25, 0.3) is 0 Å². The molecule has 2 unspecified atom stereocenters. The number of nitrogens with one attached hydrogen (secondary N) is 1. The van der Waals surface area contributed by atoms with Crippen LogP contribution in [0.1, 0.15) is 30.9 Å². The zero-order chi connectivity index (χ0) is 13.7. The topological polar surface area (TPSA) is 30.5 Å². The summed E-state index contributed by atoms with van der Waals surface area (Å²) in [5.41, 5.74) is 1.01. The lowest BCUT2D eigenvalue weighted by atomic mass is 10.1. The van der Waals surface area contributed by atoms with E-state index < -0.39 is 0 Å². The Labute approximate surface area is 124 Å². The van der Waals surface area contributed by atoms with Gasteiger partial charge in [-0.25, -0.2) is 0 Å². The van der Waals surface area contributed by atoms with Gasteiger partial charge in [0.2, 0.25) is 0 Å². The molecule has 1 N–H and O–H groups in total. The highest BCUT2D eigenvalue weighted by Gasteiger charge is 2.21. The molecule has 19 heavy (non-hydrogen) atoms. The van der Waals surface area contributed by atoms with E-state index in [9.17, 15) is 0 Å². The third-order valence-electron chi connectivity index (χ3n) is 3.16. The van der Waals surface area contributed by atoms with Crippen LogP contribution in [0, 0.1) is 0 Å². The van der Waals surface area contributed by atoms with Crippen molar-refractivity contribution in [3.63, 3.8) is 0 Å². The second kappa shape index (κ2) is 7.46. The quantitative estimate of drug-likeness (QED) is 0.897. The van der Waals surface area contributed by atoms with E-state index in [1.807, 2.05) is 19.2 Å². The zero-order valence-corrected chi connectivity index (χ0v) is 12.5. The summed E-state index contributed by atoms with van der Waals surface area (Å²) >= 11 is 12.0. The fourth-order valence-corrected chi connectivity index (χ4v) is 2.45. The molecular weight excluding hydrogens is 285 g/mol. The third kappa shape index (κ3) is 4.33. The van der Waals surface area contributed by atoms with Crippen molar-refractivity contribution in [2.75, 3.05) is 20.2 Å². The van der Waals surface area contributed by atoms with E-state index in [0.717, 1.165) is 31.4 Å². The molecule has 0 aromatic heterocycles. The van der Waals surface area contributed by atoms with E-state index in [4.69, 9.17) is 32.7 Å². The molecule has 0 radical (unpaired) electrons.